The standard InChI is InChI=1S/C20H40O10S2/c1-2-3-4-5-9-12-15-18(29-31(23,24)25)19(30-32(26,27)28)16-13-10-7-6-8-11-14-17-20(21)22/h18-19H,2-17H2,1H3,(H,21,22)(H,23,24,25)(H,26,27,28). The van der Waals surface area contributed by atoms with E-state index in [-0.39, 0.29) is 19.3 Å². The summed E-state index contributed by atoms with van der Waals surface area (Å²) in [5.74, 6) is -0.808. The molecule has 0 saturated heterocycles. The number of carboxylic acid groups (broad SMARTS) is 1. The Morgan fingerprint density at radius 3 is 1.34 bits per heavy atom. The zero-order valence-electron chi connectivity index (χ0n) is 19.0. The van der Waals surface area contributed by atoms with Crippen LogP contribution < -0.4 is 0 Å². The van der Waals surface area contributed by atoms with E-state index in [1.165, 1.54) is 0 Å². The zero-order valence-corrected chi connectivity index (χ0v) is 20.6. The zero-order chi connectivity index (χ0) is 24.5. The molecule has 0 spiro atoms. The fourth-order valence-electron chi connectivity index (χ4n) is 3.54. The Balaban J connectivity index is 4.64. The number of aliphatic carboxylic acids is 1. The van der Waals surface area contributed by atoms with E-state index in [1.54, 1.807) is 0 Å². The molecule has 0 aromatic rings. The monoisotopic (exact) mass is 504 g/mol. The Morgan fingerprint density at radius 1 is 0.656 bits per heavy atom. The predicted molar refractivity (Wildman–Crippen MR) is 120 cm³/mol. The topological polar surface area (TPSA) is 164 Å². The quantitative estimate of drug-likeness (QED) is 0.139. The smallest absolute Gasteiger partial charge is 0.397 e. The van der Waals surface area contributed by atoms with Gasteiger partial charge in [-0.2, -0.15) is 16.8 Å². The van der Waals surface area contributed by atoms with Gasteiger partial charge in [-0.1, -0.05) is 84.0 Å². The molecule has 0 aliphatic rings. The molecule has 32 heavy (non-hydrogen) atoms. The summed E-state index contributed by atoms with van der Waals surface area (Å²) in [7, 11) is -9.66. The second-order valence-electron chi connectivity index (χ2n) is 8.09. The molecule has 0 radical (unpaired) electrons. The van der Waals surface area contributed by atoms with E-state index in [1.807, 2.05) is 0 Å². The van der Waals surface area contributed by atoms with Crippen molar-refractivity contribution in [1.82, 2.24) is 0 Å². The number of unbranched alkanes of at least 4 members (excludes halogenated alkanes) is 11. The highest BCUT2D eigenvalue weighted by Gasteiger charge is 2.30. The number of carboxylic acids is 1. The molecule has 3 N–H and O–H groups in total. The molecule has 0 aliphatic heterocycles. The van der Waals surface area contributed by atoms with Gasteiger partial charge in [-0.15, -0.1) is 0 Å². The van der Waals surface area contributed by atoms with Gasteiger partial charge in [0.15, 0.2) is 0 Å². The van der Waals surface area contributed by atoms with Gasteiger partial charge in [-0.05, 0) is 19.3 Å². The third-order valence-electron chi connectivity index (χ3n) is 5.13. The fourth-order valence-corrected chi connectivity index (χ4v) is 4.60. The average Bonchev–Trinajstić information content (AvgIpc) is 2.65. The lowest BCUT2D eigenvalue weighted by molar-refractivity contribution is -0.137. The van der Waals surface area contributed by atoms with E-state index in [0.29, 0.717) is 19.3 Å². The number of rotatable bonds is 22. The van der Waals surface area contributed by atoms with Crippen LogP contribution in [-0.2, 0) is 34.0 Å². The van der Waals surface area contributed by atoms with Crippen LogP contribution in [0.5, 0.6) is 0 Å². The number of hydrogen-bond donors (Lipinski definition) is 3. The van der Waals surface area contributed by atoms with Crippen molar-refractivity contribution in [2.24, 2.45) is 0 Å². The summed E-state index contributed by atoms with van der Waals surface area (Å²) in [6, 6.07) is 0. The van der Waals surface area contributed by atoms with E-state index < -0.39 is 39.0 Å². The van der Waals surface area contributed by atoms with E-state index >= 15 is 0 Å². The van der Waals surface area contributed by atoms with Gasteiger partial charge in [0.1, 0.15) is 12.2 Å². The highest BCUT2D eigenvalue weighted by molar-refractivity contribution is 7.81. The second-order valence-corrected chi connectivity index (χ2v) is 10.2. The third kappa shape index (κ3) is 21.1. The highest BCUT2D eigenvalue weighted by Crippen LogP contribution is 2.22. The Morgan fingerprint density at radius 2 is 1.00 bits per heavy atom. The van der Waals surface area contributed by atoms with Crippen molar-refractivity contribution in [3.63, 3.8) is 0 Å². The minimum atomic E-state index is -4.84. The molecule has 2 unspecified atom stereocenters. The SMILES string of the molecule is CCCCCCCCC(OS(=O)(=O)O)C(CCCCCCCCCC(=O)O)OS(=O)(=O)O. The maximum absolute atomic E-state index is 11.3. The van der Waals surface area contributed by atoms with Gasteiger partial charge in [-0.3, -0.25) is 13.9 Å². The lowest BCUT2D eigenvalue weighted by Gasteiger charge is -2.24. The van der Waals surface area contributed by atoms with Crippen molar-refractivity contribution in [3.8, 4) is 0 Å². The maximum atomic E-state index is 11.3. The van der Waals surface area contributed by atoms with Gasteiger partial charge in [0.2, 0.25) is 0 Å². The third-order valence-corrected chi connectivity index (χ3v) is 6.11. The van der Waals surface area contributed by atoms with E-state index in [2.05, 4.69) is 6.92 Å². The van der Waals surface area contributed by atoms with Crippen molar-refractivity contribution < 1.29 is 44.2 Å². The van der Waals surface area contributed by atoms with Crippen LogP contribution >= 0.6 is 0 Å². The number of carbonyl (C=O) groups is 1. The molecule has 0 aliphatic carbocycles. The maximum Gasteiger partial charge on any atom is 0.397 e. The first-order valence-electron chi connectivity index (χ1n) is 11.5. The molecule has 0 saturated carbocycles. The molecule has 0 heterocycles. The number of hydrogen-bond acceptors (Lipinski definition) is 7. The van der Waals surface area contributed by atoms with Gasteiger partial charge in [0.05, 0.1) is 0 Å². The Hall–Kier alpha value is -0.790. The first kappa shape index (κ1) is 31.2. The van der Waals surface area contributed by atoms with Crippen LogP contribution in [0.1, 0.15) is 110 Å². The first-order valence-corrected chi connectivity index (χ1v) is 14.2. The van der Waals surface area contributed by atoms with Crippen molar-refractivity contribution in [1.29, 1.82) is 0 Å². The largest absolute Gasteiger partial charge is 0.481 e. The molecule has 0 amide bonds. The Kier molecular flexibility index (Phi) is 17.2. The molecule has 2 atom stereocenters. The molecule has 0 bridgehead atoms. The van der Waals surface area contributed by atoms with Crippen LogP contribution in [0.4, 0.5) is 0 Å². The molecule has 192 valence electrons. The lowest BCUT2D eigenvalue weighted by atomic mass is 9.99. The lowest BCUT2D eigenvalue weighted by Crippen LogP contribution is -2.35. The Labute approximate surface area is 193 Å². The van der Waals surface area contributed by atoms with E-state index in [0.717, 1.165) is 64.2 Å². The van der Waals surface area contributed by atoms with Crippen LogP contribution in [0, 0.1) is 0 Å². The van der Waals surface area contributed by atoms with E-state index in [4.69, 9.17) is 22.6 Å². The van der Waals surface area contributed by atoms with Crippen molar-refractivity contribution in [2.75, 3.05) is 0 Å². The van der Waals surface area contributed by atoms with Gasteiger partial charge in [0, 0.05) is 6.42 Å². The van der Waals surface area contributed by atoms with E-state index in [9.17, 15) is 21.6 Å². The molecule has 10 nitrogen and oxygen atoms in total. The molecule has 0 aromatic carbocycles. The van der Waals surface area contributed by atoms with Gasteiger partial charge in [-0.25, -0.2) is 8.37 Å². The van der Waals surface area contributed by atoms with Crippen molar-refractivity contribution >= 4 is 26.8 Å². The molecule has 12 heteroatoms. The van der Waals surface area contributed by atoms with Gasteiger partial charge < -0.3 is 5.11 Å². The summed E-state index contributed by atoms with van der Waals surface area (Å²) in [6.45, 7) is 2.09. The summed E-state index contributed by atoms with van der Waals surface area (Å²) in [6.07, 6.45) is 8.83. The summed E-state index contributed by atoms with van der Waals surface area (Å²) in [4.78, 5) is 10.5. The summed E-state index contributed by atoms with van der Waals surface area (Å²) < 4.78 is 72.6. The molecule has 0 aromatic heterocycles. The molecule has 0 rings (SSSR count). The van der Waals surface area contributed by atoms with Crippen LogP contribution in [0.2, 0.25) is 0 Å². The summed E-state index contributed by atoms with van der Waals surface area (Å²) >= 11 is 0. The first-order chi connectivity index (χ1) is 14.9. The van der Waals surface area contributed by atoms with Crippen molar-refractivity contribution in [3.05, 3.63) is 0 Å². The highest BCUT2D eigenvalue weighted by atomic mass is 32.3. The minimum Gasteiger partial charge on any atom is -0.481 e. The minimum absolute atomic E-state index is 0.134. The normalized spacial score (nSPS) is 14.3. The summed E-state index contributed by atoms with van der Waals surface area (Å²) in [5.41, 5.74) is 0. The van der Waals surface area contributed by atoms with Crippen LogP contribution in [0.3, 0.4) is 0 Å². The summed E-state index contributed by atoms with van der Waals surface area (Å²) in [5, 5.41) is 8.60. The van der Waals surface area contributed by atoms with Gasteiger partial charge in [0.25, 0.3) is 0 Å². The fraction of sp³-hybridized carbons (Fsp3) is 0.950. The Bertz CT molecular complexity index is 691. The second kappa shape index (κ2) is 17.7. The van der Waals surface area contributed by atoms with Crippen LogP contribution in [-0.4, -0.2) is 49.2 Å². The van der Waals surface area contributed by atoms with Crippen LogP contribution in [0.15, 0.2) is 0 Å². The molecular weight excluding hydrogens is 464 g/mol. The average molecular weight is 505 g/mol. The van der Waals surface area contributed by atoms with Crippen LogP contribution in [0.25, 0.3) is 0 Å². The predicted octanol–water partition coefficient (Wildman–Crippen LogP) is 4.71. The van der Waals surface area contributed by atoms with Crippen molar-refractivity contribution in [2.45, 2.75) is 122 Å². The van der Waals surface area contributed by atoms with Gasteiger partial charge >= 0.3 is 26.8 Å². The molecular formula is C20H40O10S2. The molecule has 0 fully saturated rings.